The van der Waals surface area contributed by atoms with Gasteiger partial charge in [-0.15, -0.1) is 0 Å². The third-order valence-corrected chi connectivity index (χ3v) is 6.40. The zero-order valence-corrected chi connectivity index (χ0v) is 17.0. The van der Waals surface area contributed by atoms with Crippen molar-refractivity contribution in [2.24, 2.45) is 17.6 Å². The van der Waals surface area contributed by atoms with Crippen LogP contribution < -0.4 is 10.5 Å². The molecule has 1 aliphatic carbocycles. The number of nitrogens with zero attached hydrogens (tertiary/aromatic N) is 1. The number of ether oxygens (including phenoxy) is 1. The lowest BCUT2D eigenvalue weighted by molar-refractivity contribution is 0.0520. The molecule has 158 valence electrons. The average molecular weight is 410 g/mol. The fraction of sp³-hybridized carbons (Fsp3) is 0.417. The number of primary amides is 1. The number of hydrogen-bond acceptors (Lipinski definition) is 3. The maximum absolute atomic E-state index is 13.8. The summed E-state index contributed by atoms with van der Waals surface area (Å²) >= 11 is 0. The first-order valence-electron chi connectivity index (χ1n) is 10.6. The van der Waals surface area contributed by atoms with Crippen LogP contribution in [0.4, 0.5) is 4.39 Å². The van der Waals surface area contributed by atoms with Gasteiger partial charge in [0.15, 0.2) is 0 Å². The van der Waals surface area contributed by atoms with Gasteiger partial charge in [0, 0.05) is 18.7 Å². The summed E-state index contributed by atoms with van der Waals surface area (Å²) < 4.78 is 19.4. The number of hydrogen-bond donors (Lipinski definition) is 1. The van der Waals surface area contributed by atoms with Crippen LogP contribution in [0.15, 0.2) is 42.5 Å². The molecule has 1 heterocycles. The Bertz CT molecular complexity index is 929. The quantitative estimate of drug-likeness (QED) is 0.805. The van der Waals surface area contributed by atoms with E-state index in [1.165, 1.54) is 43.9 Å². The van der Waals surface area contributed by atoms with E-state index in [9.17, 15) is 14.0 Å². The third-order valence-electron chi connectivity index (χ3n) is 6.40. The molecule has 2 aromatic rings. The fourth-order valence-electron chi connectivity index (χ4n) is 4.74. The van der Waals surface area contributed by atoms with Crippen LogP contribution in [0.5, 0.6) is 5.75 Å². The second-order valence-corrected chi connectivity index (χ2v) is 8.31. The number of likely N-dealkylation sites (tertiary alicyclic amines) is 1. The van der Waals surface area contributed by atoms with Crippen molar-refractivity contribution in [3.8, 4) is 5.75 Å². The maximum Gasteiger partial charge on any atom is 0.255 e. The molecule has 2 unspecified atom stereocenters. The predicted octanol–water partition coefficient (Wildman–Crippen LogP) is 4.16. The molecule has 2 aliphatic rings. The highest BCUT2D eigenvalue weighted by Gasteiger charge is 2.33. The number of benzene rings is 2. The molecular weight excluding hydrogens is 383 g/mol. The first-order valence-corrected chi connectivity index (χ1v) is 10.6. The van der Waals surface area contributed by atoms with Gasteiger partial charge >= 0.3 is 0 Å². The minimum atomic E-state index is -0.870. The normalized spacial score (nSPS) is 21.0. The molecule has 4 rings (SSSR count). The highest BCUT2D eigenvalue weighted by Crippen LogP contribution is 2.36. The van der Waals surface area contributed by atoms with Crippen molar-refractivity contribution in [3.63, 3.8) is 0 Å². The van der Waals surface area contributed by atoms with Crippen molar-refractivity contribution in [3.05, 3.63) is 65.0 Å². The number of carbonyl (C=O) groups is 2. The average Bonchev–Trinajstić information content (AvgIpc) is 2.77. The van der Waals surface area contributed by atoms with Crippen LogP contribution in [0.2, 0.25) is 0 Å². The van der Waals surface area contributed by atoms with Gasteiger partial charge in [-0.1, -0.05) is 37.5 Å². The summed E-state index contributed by atoms with van der Waals surface area (Å²) in [6, 6.07) is 11.4. The Balaban J connectivity index is 1.38. The Morgan fingerprint density at radius 2 is 1.77 bits per heavy atom. The zero-order chi connectivity index (χ0) is 21.1. The van der Waals surface area contributed by atoms with Crippen molar-refractivity contribution in [2.75, 3.05) is 13.1 Å². The Morgan fingerprint density at radius 3 is 2.50 bits per heavy atom. The van der Waals surface area contributed by atoms with Gasteiger partial charge in [0.1, 0.15) is 23.7 Å². The number of carbonyl (C=O) groups excluding carboxylic acids is 2. The number of amides is 2. The topological polar surface area (TPSA) is 72.6 Å². The summed E-state index contributed by atoms with van der Waals surface area (Å²) in [6.45, 7) is 1.84. The molecule has 2 amide bonds. The Kier molecular flexibility index (Phi) is 6.02. The van der Waals surface area contributed by atoms with Gasteiger partial charge in [0.2, 0.25) is 0 Å². The summed E-state index contributed by atoms with van der Waals surface area (Å²) in [5.74, 6) is 0.0457. The molecule has 0 bridgehead atoms. The Morgan fingerprint density at radius 1 is 1.03 bits per heavy atom. The summed E-state index contributed by atoms with van der Waals surface area (Å²) in [6.07, 6.45) is 6.26. The highest BCUT2D eigenvalue weighted by molar-refractivity contribution is 5.96. The number of piperidine rings is 1. The first kappa shape index (κ1) is 20.4. The third kappa shape index (κ3) is 4.32. The van der Waals surface area contributed by atoms with E-state index in [0.29, 0.717) is 11.5 Å². The van der Waals surface area contributed by atoms with Gasteiger partial charge in [0.05, 0.1) is 0 Å². The van der Waals surface area contributed by atoms with Crippen LogP contribution in [-0.4, -0.2) is 29.8 Å². The number of halogens is 1. The monoisotopic (exact) mass is 410 g/mol. The molecule has 1 saturated carbocycles. The van der Waals surface area contributed by atoms with Gasteiger partial charge in [-0.3, -0.25) is 9.59 Å². The van der Waals surface area contributed by atoms with Crippen molar-refractivity contribution in [1.29, 1.82) is 0 Å². The second-order valence-electron chi connectivity index (χ2n) is 8.31. The van der Waals surface area contributed by atoms with Gasteiger partial charge in [-0.25, -0.2) is 4.39 Å². The Hall–Kier alpha value is -2.89. The molecule has 0 spiro atoms. The Labute approximate surface area is 176 Å². The van der Waals surface area contributed by atoms with E-state index in [2.05, 4.69) is 0 Å². The molecule has 6 heteroatoms. The minimum Gasteiger partial charge on any atom is -0.488 e. The maximum atomic E-state index is 13.8. The molecule has 0 aromatic heterocycles. The molecule has 2 N–H and O–H groups in total. The molecule has 2 aromatic carbocycles. The molecular formula is C24H27FN2O3. The molecule has 0 radical (unpaired) electrons. The molecule has 1 saturated heterocycles. The second kappa shape index (κ2) is 8.86. The summed E-state index contributed by atoms with van der Waals surface area (Å²) in [7, 11) is 0. The SMILES string of the molecule is NC(=O)c1c(F)cccc1OCc1ccc(C(=O)N2CCC3CCCCC3C2)cc1. The smallest absolute Gasteiger partial charge is 0.255 e. The van der Waals surface area contributed by atoms with E-state index in [0.717, 1.165) is 31.0 Å². The van der Waals surface area contributed by atoms with Crippen LogP contribution in [0.25, 0.3) is 0 Å². The van der Waals surface area contributed by atoms with Crippen LogP contribution in [0, 0.1) is 17.7 Å². The van der Waals surface area contributed by atoms with Crippen LogP contribution in [0.3, 0.4) is 0 Å². The van der Waals surface area contributed by atoms with E-state index < -0.39 is 11.7 Å². The fourth-order valence-corrected chi connectivity index (χ4v) is 4.74. The lowest BCUT2D eigenvalue weighted by Gasteiger charge is -2.41. The summed E-state index contributed by atoms with van der Waals surface area (Å²) in [5, 5.41) is 0. The van der Waals surface area contributed by atoms with Crippen LogP contribution in [0.1, 0.15) is 58.4 Å². The largest absolute Gasteiger partial charge is 0.488 e. The predicted molar refractivity (Wildman–Crippen MR) is 112 cm³/mol. The minimum absolute atomic E-state index is 0.0765. The molecule has 2 fully saturated rings. The summed E-state index contributed by atoms with van der Waals surface area (Å²) in [4.78, 5) is 26.4. The molecule has 2 atom stereocenters. The molecule has 30 heavy (non-hydrogen) atoms. The lowest BCUT2D eigenvalue weighted by Crippen LogP contribution is -2.44. The van der Waals surface area contributed by atoms with Crippen molar-refractivity contribution < 1.29 is 18.7 Å². The van der Waals surface area contributed by atoms with Crippen molar-refractivity contribution in [2.45, 2.75) is 38.7 Å². The first-order chi connectivity index (χ1) is 14.5. The van der Waals surface area contributed by atoms with E-state index in [4.69, 9.17) is 10.5 Å². The van der Waals surface area contributed by atoms with Gasteiger partial charge in [-0.2, -0.15) is 0 Å². The van der Waals surface area contributed by atoms with Crippen LogP contribution >= 0.6 is 0 Å². The standard InChI is InChI=1S/C24H27FN2O3/c25-20-6-3-7-21(22(20)23(26)28)30-15-16-8-10-18(11-9-16)24(29)27-13-12-17-4-1-2-5-19(17)14-27/h3,6-11,17,19H,1-2,4-5,12-15H2,(H2,26,28). The zero-order valence-electron chi connectivity index (χ0n) is 17.0. The van der Waals surface area contributed by atoms with Crippen LogP contribution in [-0.2, 0) is 6.61 Å². The van der Waals surface area contributed by atoms with Gasteiger partial charge in [0.25, 0.3) is 11.8 Å². The number of rotatable bonds is 5. The number of fused-ring (bicyclic) bond motifs is 1. The number of nitrogens with two attached hydrogens (primary N) is 1. The van der Waals surface area contributed by atoms with E-state index in [1.54, 1.807) is 12.1 Å². The molecule has 5 nitrogen and oxygen atoms in total. The van der Waals surface area contributed by atoms with Gasteiger partial charge in [-0.05, 0) is 54.5 Å². The van der Waals surface area contributed by atoms with Crippen molar-refractivity contribution >= 4 is 11.8 Å². The molecule has 1 aliphatic heterocycles. The van der Waals surface area contributed by atoms with E-state index >= 15 is 0 Å². The van der Waals surface area contributed by atoms with Gasteiger partial charge < -0.3 is 15.4 Å². The summed E-state index contributed by atoms with van der Waals surface area (Å²) in [5.41, 5.74) is 6.47. The van der Waals surface area contributed by atoms with E-state index in [1.807, 2.05) is 17.0 Å². The van der Waals surface area contributed by atoms with Crippen molar-refractivity contribution in [1.82, 2.24) is 4.90 Å². The lowest BCUT2D eigenvalue weighted by atomic mass is 9.75. The highest BCUT2D eigenvalue weighted by atomic mass is 19.1. The van der Waals surface area contributed by atoms with E-state index in [-0.39, 0.29) is 23.8 Å².